The van der Waals surface area contributed by atoms with Crippen LogP contribution >= 0.6 is 0 Å². The van der Waals surface area contributed by atoms with Crippen LogP contribution < -0.4 is 16.1 Å². The van der Waals surface area contributed by atoms with Crippen molar-refractivity contribution < 1.29 is 46.5 Å². The number of hydrazine groups is 1. The highest BCUT2D eigenvalue weighted by molar-refractivity contribution is 6.44. The highest BCUT2D eigenvalue weighted by Crippen LogP contribution is 2.31. The van der Waals surface area contributed by atoms with Crippen LogP contribution in [-0.4, -0.2) is 85.0 Å². The first-order valence-electron chi connectivity index (χ1n) is 13.8. The van der Waals surface area contributed by atoms with Gasteiger partial charge in [-0.05, 0) is 49.5 Å². The Kier molecular flexibility index (Phi) is 14.7. The molecule has 0 aromatic heterocycles. The number of hydrogen-bond donors (Lipinski definition) is 5. The largest absolute Gasteiger partial charge is 0.400 e. The first-order valence-corrected chi connectivity index (χ1v) is 13.8. The van der Waals surface area contributed by atoms with E-state index in [9.17, 15) is 41.4 Å². The number of allylic oxidation sites excluding steroid dienone is 7. The van der Waals surface area contributed by atoms with Crippen molar-refractivity contribution in [1.29, 1.82) is 0 Å². The van der Waals surface area contributed by atoms with E-state index in [1.54, 1.807) is 19.1 Å². The number of nitrogens with one attached hydrogen (secondary N) is 3. The maximum absolute atomic E-state index is 14.6. The van der Waals surface area contributed by atoms with E-state index in [0.717, 1.165) is 42.2 Å². The first-order chi connectivity index (χ1) is 21.6. The summed E-state index contributed by atoms with van der Waals surface area (Å²) in [4.78, 5) is 41.1. The van der Waals surface area contributed by atoms with Gasteiger partial charge >= 0.3 is 0 Å². The summed E-state index contributed by atoms with van der Waals surface area (Å²) >= 11 is 0. The molecule has 4 rings (SSSR count). The van der Waals surface area contributed by atoms with Gasteiger partial charge in [-0.25, -0.2) is 28.0 Å². The number of fused-ring (bicyclic) bond motifs is 1. The third-order valence-corrected chi connectivity index (χ3v) is 6.89. The van der Waals surface area contributed by atoms with Gasteiger partial charge in [0.05, 0.1) is 31.4 Å². The summed E-state index contributed by atoms with van der Waals surface area (Å²) in [5, 5.41) is 24.1. The minimum absolute atomic E-state index is 0.112. The van der Waals surface area contributed by atoms with Crippen molar-refractivity contribution >= 4 is 23.8 Å². The van der Waals surface area contributed by atoms with Crippen molar-refractivity contribution in [2.45, 2.75) is 51.2 Å². The average Bonchev–Trinajstić information content (AvgIpc) is 3.31. The number of aldehydes is 1. The number of carbonyl (C=O) groups excluding carboxylic acids is 3. The molecular weight excluding hydrogens is 605 g/mol. The quantitative estimate of drug-likeness (QED) is 0.156. The Hall–Kier alpha value is -4.21. The Labute approximate surface area is 257 Å². The Morgan fingerprint density at radius 1 is 1.20 bits per heavy atom. The van der Waals surface area contributed by atoms with Crippen molar-refractivity contribution in [3.8, 4) is 0 Å². The summed E-state index contributed by atoms with van der Waals surface area (Å²) in [6, 6.07) is -0.773. The van der Waals surface area contributed by atoms with Gasteiger partial charge in [-0.1, -0.05) is 23.8 Å². The van der Waals surface area contributed by atoms with Gasteiger partial charge < -0.3 is 25.6 Å². The van der Waals surface area contributed by atoms with Crippen molar-refractivity contribution in [2.24, 2.45) is 4.99 Å². The lowest BCUT2D eigenvalue weighted by Crippen LogP contribution is -2.50. The molecule has 1 fully saturated rings. The van der Waals surface area contributed by atoms with E-state index in [4.69, 9.17) is 5.11 Å². The van der Waals surface area contributed by atoms with Gasteiger partial charge in [0.15, 0.2) is 11.6 Å². The summed E-state index contributed by atoms with van der Waals surface area (Å²) in [6.07, 6.45) is 5.63. The second-order valence-corrected chi connectivity index (χ2v) is 9.65. The fourth-order valence-electron chi connectivity index (χ4n) is 4.82. The predicted octanol–water partition coefficient (Wildman–Crippen LogP) is 3.07. The highest BCUT2D eigenvalue weighted by atomic mass is 19.3. The molecule has 5 N–H and O–H groups in total. The number of aliphatic hydroxyl groups excluding tert-OH is 2. The monoisotopic (exact) mass is 641 g/mol. The number of aliphatic hydroxyl groups is 2. The molecule has 246 valence electrons. The Bertz CT molecular complexity index is 1380. The molecule has 0 aromatic carbocycles. The molecular formula is C30H36F5N5O5. The van der Waals surface area contributed by atoms with Gasteiger partial charge in [0.25, 0.3) is 18.2 Å². The van der Waals surface area contributed by atoms with Crippen LogP contribution in [0.25, 0.3) is 0 Å². The topological polar surface area (TPSA) is 143 Å². The third kappa shape index (κ3) is 9.39. The SMILES string of the molecule is C/C=C1\C/C(=C\CC=O)CC(O)C1NC(=O)C1=CC(C(=O)NCC2=CC(C(F)F)=C(F)C=CC2)=NC2=C(F)CNN12.CF.CO. The molecule has 2 atom stereocenters. The van der Waals surface area contributed by atoms with Gasteiger partial charge in [0, 0.05) is 26.2 Å². The summed E-state index contributed by atoms with van der Waals surface area (Å²) in [6.45, 7) is 1.26. The number of halogens is 5. The van der Waals surface area contributed by atoms with E-state index in [2.05, 4.69) is 21.1 Å². The Morgan fingerprint density at radius 2 is 1.91 bits per heavy atom. The van der Waals surface area contributed by atoms with Crippen LogP contribution in [0.15, 0.2) is 86.9 Å². The second kappa shape index (κ2) is 17.9. The fraction of sp³-hybridized carbons (Fsp3) is 0.400. The molecule has 4 aliphatic rings. The number of nitrogens with zero attached hydrogens (tertiary/aromatic N) is 2. The van der Waals surface area contributed by atoms with E-state index in [1.807, 2.05) is 0 Å². The summed E-state index contributed by atoms with van der Waals surface area (Å²) in [5.74, 6) is -3.60. The normalized spacial score (nSPS) is 22.8. The Balaban J connectivity index is 0.00000169. The van der Waals surface area contributed by atoms with E-state index >= 15 is 0 Å². The number of carbonyl (C=O) groups is 3. The molecule has 0 bridgehead atoms. The standard InChI is InChI=1S/C28H29F4N5O4.CH3F.CH4O/c1-2-17-9-15(6-4-8-38)11-23(39)24(17)36-28(41)22-12-21(35-26-20(30)14-34-37(22)26)27(40)33-13-16-5-3-7-19(29)18(10-16)25(31)32;2*1-2/h2-3,6-8,10,12,23-25,34,39H,4-5,9,11,13-14H2,1H3,(H,33,40)(H,36,41);1H3;2H,1H3/b15-6+,17-2+;;. The van der Waals surface area contributed by atoms with E-state index in [1.165, 1.54) is 6.08 Å². The van der Waals surface area contributed by atoms with Crippen LogP contribution in [0, 0.1) is 0 Å². The predicted molar refractivity (Wildman–Crippen MR) is 157 cm³/mol. The number of rotatable bonds is 8. The van der Waals surface area contributed by atoms with Gasteiger partial charge in [-0.15, -0.1) is 0 Å². The minimum atomic E-state index is -3.05. The highest BCUT2D eigenvalue weighted by Gasteiger charge is 2.37. The molecule has 2 aliphatic heterocycles. The minimum Gasteiger partial charge on any atom is -0.400 e. The summed E-state index contributed by atoms with van der Waals surface area (Å²) in [5.41, 5.74) is 3.30. The summed E-state index contributed by atoms with van der Waals surface area (Å²) < 4.78 is 64.3. The lowest BCUT2D eigenvalue weighted by molar-refractivity contribution is -0.120. The van der Waals surface area contributed by atoms with Gasteiger partial charge in [-0.2, -0.15) is 0 Å². The molecule has 0 radical (unpaired) electrons. The molecule has 2 amide bonds. The van der Waals surface area contributed by atoms with Crippen LogP contribution in [0.3, 0.4) is 0 Å². The van der Waals surface area contributed by atoms with Gasteiger partial charge in [-0.3, -0.25) is 19.0 Å². The lowest BCUT2D eigenvalue weighted by atomic mass is 9.83. The number of hydrogen-bond acceptors (Lipinski definition) is 8. The van der Waals surface area contributed by atoms with E-state index in [0.29, 0.717) is 24.7 Å². The molecule has 2 heterocycles. The smallest absolute Gasteiger partial charge is 0.270 e. The van der Waals surface area contributed by atoms with Gasteiger partial charge in [0.2, 0.25) is 0 Å². The average molecular weight is 642 g/mol. The Morgan fingerprint density at radius 3 is 2.56 bits per heavy atom. The molecule has 2 unspecified atom stereocenters. The van der Waals surface area contributed by atoms with E-state index in [-0.39, 0.29) is 49.6 Å². The number of aliphatic imine (C=N–C) groups is 1. The molecule has 0 spiro atoms. The molecule has 45 heavy (non-hydrogen) atoms. The van der Waals surface area contributed by atoms with Crippen molar-refractivity contribution in [3.05, 3.63) is 81.9 Å². The van der Waals surface area contributed by atoms with E-state index < -0.39 is 47.6 Å². The molecule has 1 saturated carbocycles. The molecule has 2 aliphatic carbocycles. The zero-order chi connectivity index (χ0) is 33.7. The molecule has 10 nitrogen and oxygen atoms in total. The molecule has 0 saturated heterocycles. The van der Waals surface area contributed by atoms with Crippen LogP contribution in [0.2, 0.25) is 0 Å². The summed E-state index contributed by atoms with van der Waals surface area (Å²) in [7, 11) is 1.50. The van der Waals surface area contributed by atoms with Crippen LogP contribution in [0.5, 0.6) is 0 Å². The zero-order valence-electron chi connectivity index (χ0n) is 24.9. The second-order valence-electron chi connectivity index (χ2n) is 9.65. The maximum Gasteiger partial charge on any atom is 0.270 e. The van der Waals surface area contributed by atoms with Gasteiger partial charge in [0.1, 0.15) is 23.5 Å². The van der Waals surface area contributed by atoms with Crippen molar-refractivity contribution in [2.75, 3.05) is 27.4 Å². The molecule has 0 aromatic rings. The maximum atomic E-state index is 14.6. The first kappa shape index (κ1) is 37.0. The van der Waals surface area contributed by atoms with Crippen molar-refractivity contribution in [3.63, 3.8) is 0 Å². The number of alkyl halides is 3. The lowest BCUT2D eigenvalue weighted by Gasteiger charge is -2.34. The zero-order valence-corrected chi connectivity index (χ0v) is 24.9. The fourth-order valence-corrected chi connectivity index (χ4v) is 4.82. The van der Waals surface area contributed by atoms with Crippen LogP contribution in [0.1, 0.15) is 32.6 Å². The third-order valence-electron chi connectivity index (χ3n) is 6.89. The van der Waals surface area contributed by atoms with Crippen molar-refractivity contribution in [1.82, 2.24) is 21.1 Å². The number of amides is 2. The van der Waals surface area contributed by atoms with Crippen LogP contribution in [0.4, 0.5) is 22.0 Å². The van der Waals surface area contributed by atoms with Crippen LogP contribution in [-0.2, 0) is 14.4 Å². The molecule has 15 heteroatoms.